The maximum absolute atomic E-state index is 11.7. The van der Waals surface area contributed by atoms with E-state index in [1.807, 2.05) is 0 Å². The average Bonchev–Trinajstić information content (AvgIpc) is 2.19. The number of carbonyl (C=O) groups excluding carboxylic acids is 1. The molecule has 0 atom stereocenters. The van der Waals surface area contributed by atoms with Crippen molar-refractivity contribution in [1.29, 1.82) is 0 Å². The van der Waals surface area contributed by atoms with Crippen LogP contribution < -0.4 is 0 Å². The fourth-order valence-electron chi connectivity index (χ4n) is 2.16. The lowest BCUT2D eigenvalue weighted by Gasteiger charge is -2.13. The van der Waals surface area contributed by atoms with Crippen LogP contribution in [0.25, 0.3) is 0 Å². The Labute approximate surface area is 95.6 Å². The van der Waals surface area contributed by atoms with Crippen LogP contribution in [0, 0.1) is 5.92 Å². The molecule has 15 heavy (non-hydrogen) atoms. The van der Waals surface area contributed by atoms with Crippen LogP contribution in [0.5, 0.6) is 0 Å². The van der Waals surface area contributed by atoms with Gasteiger partial charge in [-0.2, -0.15) is 0 Å². The van der Waals surface area contributed by atoms with Crippen molar-refractivity contribution in [2.24, 2.45) is 5.92 Å². The van der Waals surface area contributed by atoms with E-state index < -0.39 is 0 Å². The van der Waals surface area contributed by atoms with Gasteiger partial charge in [0.2, 0.25) is 0 Å². The van der Waals surface area contributed by atoms with Crippen molar-refractivity contribution < 1.29 is 4.79 Å². The molecule has 90 valence electrons. The molecule has 0 aromatic rings. The van der Waals surface area contributed by atoms with Gasteiger partial charge in [-0.3, -0.25) is 4.79 Å². The van der Waals surface area contributed by atoms with Crippen molar-refractivity contribution >= 4 is 5.78 Å². The predicted octanol–water partition coefficient (Wildman–Crippen LogP) is 4.74. The van der Waals surface area contributed by atoms with Gasteiger partial charge in [-0.25, -0.2) is 0 Å². The molecule has 1 nitrogen and oxygen atoms in total. The number of carbonyl (C=O) groups is 1. The topological polar surface area (TPSA) is 17.1 Å². The first-order valence-electron chi connectivity index (χ1n) is 6.76. The molecule has 0 amide bonds. The Balaban J connectivity index is 3.67. The monoisotopic (exact) mass is 212 g/mol. The normalized spacial score (nSPS) is 10.9. The lowest BCUT2D eigenvalue weighted by Crippen LogP contribution is -2.08. The highest BCUT2D eigenvalue weighted by molar-refractivity contribution is 5.78. The largest absolute Gasteiger partial charge is 0.300 e. The number of Topliss-reactive ketones (excluding diaryl/α,β-unsaturated/α-hetero) is 1. The molecule has 0 aromatic carbocycles. The van der Waals surface area contributed by atoms with Crippen molar-refractivity contribution in [3.05, 3.63) is 0 Å². The van der Waals surface area contributed by atoms with Crippen LogP contribution in [0.3, 0.4) is 0 Å². The third-order valence-electron chi connectivity index (χ3n) is 2.97. The van der Waals surface area contributed by atoms with E-state index in [0.29, 0.717) is 11.7 Å². The summed E-state index contributed by atoms with van der Waals surface area (Å²) in [5.41, 5.74) is 0. The fraction of sp³-hybridized carbons (Fsp3) is 0.929. The van der Waals surface area contributed by atoms with Gasteiger partial charge in [-0.05, 0) is 12.3 Å². The molecule has 0 heterocycles. The highest BCUT2D eigenvalue weighted by Gasteiger charge is 2.11. The first kappa shape index (κ1) is 14.7. The first-order valence-corrected chi connectivity index (χ1v) is 6.76. The standard InChI is InChI=1S/C14H28O/c1-4-7-8-11-14(15)12-13(9-5-2)10-6-3/h13H,4-12H2,1-3H3. The number of rotatable bonds is 10. The molecule has 1 heteroatoms. The van der Waals surface area contributed by atoms with E-state index in [-0.39, 0.29) is 0 Å². The molecule has 0 saturated heterocycles. The number of hydrogen-bond donors (Lipinski definition) is 0. The van der Waals surface area contributed by atoms with Gasteiger partial charge in [0.25, 0.3) is 0 Å². The number of ketones is 1. The molecule has 0 spiro atoms. The van der Waals surface area contributed by atoms with Gasteiger partial charge in [0.1, 0.15) is 5.78 Å². The molecular weight excluding hydrogens is 184 g/mol. The van der Waals surface area contributed by atoms with Crippen LogP contribution in [0.15, 0.2) is 0 Å². The summed E-state index contributed by atoms with van der Waals surface area (Å²) < 4.78 is 0. The number of hydrogen-bond acceptors (Lipinski definition) is 1. The van der Waals surface area contributed by atoms with Crippen LogP contribution in [-0.4, -0.2) is 5.78 Å². The summed E-state index contributed by atoms with van der Waals surface area (Å²) in [5, 5.41) is 0. The van der Waals surface area contributed by atoms with E-state index in [0.717, 1.165) is 19.3 Å². The van der Waals surface area contributed by atoms with E-state index >= 15 is 0 Å². The third kappa shape index (κ3) is 8.65. The van der Waals surface area contributed by atoms with Crippen LogP contribution in [-0.2, 0) is 4.79 Å². The van der Waals surface area contributed by atoms with Gasteiger partial charge < -0.3 is 0 Å². The van der Waals surface area contributed by atoms with Crippen molar-refractivity contribution in [1.82, 2.24) is 0 Å². The summed E-state index contributed by atoms with van der Waals surface area (Å²) in [5.74, 6) is 1.16. The Morgan fingerprint density at radius 2 is 1.53 bits per heavy atom. The van der Waals surface area contributed by atoms with Gasteiger partial charge >= 0.3 is 0 Å². The predicted molar refractivity (Wildman–Crippen MR) is 67.1 cm³/mol. The summed E-state index contributed by atoms with van der Waals surface area (Å²) in [6.45, 7) is 6.61. The molecule has 0 aliphatic rings. The smallest absolute Gasteiger partial charge is 0.133 e. The highest BCUT2D eigenvalue weighted by Crippen LogP contribution is 2.19. The molecule has 0 saturated carbocycles. The second-order valence-electron chi connectivity index (χ2n) is 4.64. The lowest BCUT2D eigenvalue weighted by atomic mass is 9.91. The van der Waals surface area contributed by atoms with Gasteiger partial charge in [-0.15, -0.1) is 0 Å². The van der Waals surface area contributed by atoms with Gasteiger partial charge in [0, 0.05) is 12.8 Å². The summed E-state index contributed by atoms with van der Waals surface area (Å²) in [6, 6.07) is 0. The van der Waals surface area contributed by atoms with E-state index in [1.165, 1.54) is 38.5 Å². The minimum absolute atomic E-state index is 0.496. The van der Waals surface area contributed by atoms with Crippen molar-refractivity contribution in [2.75, 3.05) is 0 Å². The zero-order valence-corrected chi connectivity index (χ0v) is 10.8. The lowest BCUT2D eigenvalue weighted by molar-refractivity contribution is -0.120. The minimum Gasteiger partial charge on any atom is -0.300 e. The van der Waals surface area contributed by atoms with Crippen molar-refractivity contribution in [2.45, 2.75) is 78.6 Å². The second-order valence-corrected chi connectivity index (χ2v) is 4.64. The molecule has 0 radical (unpaired) electrons. The molecule has 0 aromatic heterocycles. The summed E-state index contributed by atoms with van der Waals surface area (Å²) in [4.78, 5) is 11.7. The Bertz CT molecular complexity index is 145. The Morgan fingerprint density at radius 1 is 0.933 bits per heavy atom. The quantitative estimate of drug-likeness (QED) is 0.478. The Hall–Kier alpha value is -0.330. The average molecular weight is 212 g/mol. The van der Waals surface area contributed by atoms with Gasteiger partial charge in [0.05, 0.1) is 0 Å². The SMILES string of the molecule is CCCCCC(=O)CC(CCC)CCC. The summed E-state index contributed by atoms with van der Waals surface area (Å²) >= 11 is 0. The Morgan fingerprint density at radius 3 is 2.00 bits per heavy atom. The molecular formula is C14H28O. The fourth-order valence-corrected chi connectivity index (χ4v) is 2.16. The second kappa shape index (κ2) is 10.2. The van der Waals surface area contributed by atoms with E-state index in [4.69, 9.17) is 0 Å². The molecule has 0 bridgehead atoms. The van der Waals surface area contributed by atoms with Crippen LogP contribution in [0.4, 0.5) is 0 Å². The first-order chi connectivity index (χ1) is 7.24. The van der Waals surface area contributed by atoms with E-state index in [2.05, 4.69) is 20.8 Å². The van der Waals surface area contributed by atoms with Gasteiger partial charge in [-0.1, -0.05) is 59.3 Å². The van der Waals surface area contributed by atoms with Crippen molar-refractivity contribution in [3.63, 3.8) is 0 Å². The summed E-state index contributed by atoms with van der Waals surface area (Å²) in [6.07, 6.45) is 10.1. The third-order valence-corrected chi connectivity index (χ3v) is 2.97. The molecule has 0 fully saturated rings. The molecule has 0 N–H and O–H groups in total. The van der Waals surface area contributed by atoms with E-state index in [9.17, 15) is 4.79 Å². The zero-order chi connectivity index (χ0) is 11.5. The molecule has 0 aliphatic heterocycles. The molecule has 0 unspecified atom stereocenters. The van der Waals surface area contributed by atoms with Crippen molar-refractivity contribution in [3.8, 4) is 0 Å². The van der Waals surface area contributed by atoms with E-state index in [1.54, 1.807) is 0 Å². The van der Waals surface area contributed by atoms with Crippen LogP contribution in [0.2, 0.25) is 0 Å². The maximum Gasteiger partial charge on any atom is 0.133 e. The number of unbranched alkanes of at least 4 members (excludes halogenated alkanes) is 2. The van der Waals surface area contributed by atoms with Gasteiger partial charge in [0.15, 0.2) is 0 Å². The summed E-state index contributed by atoms with van der Waals surface area (Å²) in [7, 11) is 0. The maximum atomic E-state index is 11.7. The Kier molecular flexibility index (Phi) is 9.97. The zero-order valence-electron chi connectivity index (χ0n) is 10.8. The van der Waals surface area contributed by atoms with Crippen LogP contribution >= 0.6 is 0 Å². The van der Waals surface area contributed by atoms with Crippen LogP contribution in [0.1, 0.15) is 78.6 Å². The highest BCUT2D eigenvalue weighted by atomic mass is 16.1. The molecule has 0 aliphatic carbocycles. The minimum atomic E-state index is 0.496. The molecule has 0 rings (SSSR count).